The van der Waals surface area contributed by atoms with Crippen LogP contribution in [0.25, 0.3) is 22.6 Å². The molecule has 0 unspecified atom stereocenters. The van der Waals surface area contributed by atoms with Crippen LogP contribution in [0.1, 0.15) is 10.5 Å². The number of hydrogen-bond acceptors (Lipinski definition) is 7. The predicted molar refractivity (Wildman–Crippen MR) is 93.4 cm³/mol. The number of nitrogens with two attached hydrogens (primary N) is 1. The van der Waals surface area contributed by atoms with Crippen molar-refractivity contribution < 1.29 is 9.32 Å². The molecule has 9 nitrogen and oxygen atoms in total. The quantitative estimate of drug-likeness (QED) is 0.504. The molecule has 4 N–H and O–H groups in total. The van der Waals surface area contributed by atoms with Crippen molar-refractivity contribution in [3.05, 3.63) is 60.9 Å². The molecule has 9 heteroatoms. The smallest absolute Gasteiger partial charge is 0.269 e. The van der Waals surface area contributed by atoms with E-state index < -0.39 is 5.91 Å². The van der Waals surface area contributed by atoms with Crippen LogP contribution in [0.2, 0.25) is 0 Å². The molecule has 0 bridgehead atoms. The van der Waals surface area contributed by atoms with E-state index in [4.69, 9.17) is 10.3 Å². The van der Waals surface area contributed by atoms with Crippen LogP contribution in [0.15, 0.2) is 59.7 Å². The van der Waals surface area contributed by atoms with Gasteiger partial charge in [0.1, 0.15) is 12.0 Å². The normalized spacial score (nSPS) is 10.6. The summed E-state index contributed by atoms with van der Waals surface area (Å²) in [7, 11) is 0. The molecule has 0 aliphatic rings. The number of carbonyl (C=O) groups is 1. The van der Waals surface area contributed by atoms with Gasteiger partial charge in [0.05, 0.1) is 23.8 Å². The third kappa shape index (κ3) is 3.00. The number of aromatic nitrogens is 5. The summed E-state index contributed by atoms with van der Waals surface area (Å²) >= 11 is 0. The Morgan fingerprint density at radius 3 is 2.81 bits per heavy atom. The van der Waals surface area contributed by atoms with Gasteiger partial charge in [-0.2, -0.15) is 5.10 Å². The minimum Gasteiger partial charge on any atom is -0.364 e. The van der Waals surface area contributed by atoms with Gasteiger partial charge in [0.25, 0.3) is 5.91 Å². The second kappa shape index (κ2) is 6.48. The Morgan fingerprint density at radius 1 is 1.19 bits per heavy atom. The number of nitrogens with zero attached hydrogens (tertiary/aromatic N) is 4. The summed E-state index contributed by atoms with van der Waals surface area (Å²) in [5, 5.41) is 13.4. The van der Waals surface area contributed by atoms with Gasteiger partial charge in [0.15, 0.2) is 11.5 Å². The van der Waals surface area contributed by atoms with Gasteiger partial charge in [-0.3, -0.25) is 9.89 Å². The van der Waals surface area contributed by atoms with Crippen LogP contribution in [0.3, 0.4) is 0 Å². The fourth-order valence-electron chi connectivity index (χ4n) is 2.45. The highest BCUT2D eigenvalue weighted by Gasteiger charge is 2.15. The van der Waals surface area contributed by atoms with Crippen molar-refractivity contribution in [1.82, 2.24) is 25.3 Å². The summed E-state index contributed by atoms with van der Waals surface area (Å²) in [5.41, 5.74) is 8.90. The molecule has 1 aromatic carbocycles. The maximum absolute atomic E-state index is 11.8. The van der Waals surface area contributed by atoms with Crippen molar-refractivity contribution >= 4 is 17.3 Å². The summed E-state index contributed by atoms with van der Waals surface area (Å²) < 4.78 is 4.87. The molecule has 0 atom stereocenters. The molecule has 0 saturated carbocycles. The number of H-pyrrole nitrogens is 1. The van der Waals surface area contributed by atoms with Crippen LogP contribution in [-0.4, -0.2) is 31.2 Å². The van der Waals surface area contributed by atoms with Crippen molar-refractivity contribution in [1.29, 1.82) is 0 Å². The Bertz CT molecular complexity index is 1040. The third-order valence-electron chi connectivity index (χ3n) is 3.65. The lowest BCUT2D eigenvalue weighted by molar-refractivity contribution is 0.0996. The minimum absolute atomic E-state index is 0.0861. The summed E-state index contributed by atoms with van der Waals surface area (Å²) in [5.74, 6) is -0.283. The van der Waals surface area contributed by atoms with Crippen molar-refractivity contribution in [2.24, 2.45) is 5.73 Å². The van der Waals surface area contributed by atoms with Gasteiger partial charge in [0.2, 0.25) is 0 Å². The van der Waals surface area contributed by atoms with E-state index in [2.05, 4.69) is 30.6 Å². The van der Waals surface area contributed by atoms with Crippen LogP contribution < -0.4 is 11.1 Å². The second-order valence-corrected chi connectivity index (χ2v) is 5.40. The molecule has 0 saturated heterocycles. The second-order valence-electron chi connectivity index (χ2n) is 5.40. The van der Waals surface area contributed by atoms with Crippen LogP contribution >= 0.6 is 0 Å². The summed E-state index contributed by atoms with van der Waals surface area (Å²) in [6.45, 7) is 0. The van der Waals surface area contributed by atoms with E-state index in [9.17, 15) is 4.79 Å². The monoisotopic (exact) mass is 347 g/mol. The largest absolute Gasteiger partial charge is 0.364 e. The van der Waals surface area contributed by atoms with Crippen LogP contribution in [0.5, 0.6) is 0 Å². The number of rotatable bonds is 5. The van der Waals surface area contributed by atoms with Crippen molar-refractivity contribution in [2.75, 3.05) is 5.32 Å². The summed E-state index contributed by atoms with van der Waals surface area (Å²) in [6.07, 6.45) is 6.22. The number of carbonyl (C=O) groups excluding carboxylic acids is 1. The standard InChI is InChI=1S/C17H13N7O2/c18-16(25)15-14(22-12-7-20-21-8-12)9-19-17(23-15)11-3-1-2-10(6-11)13-4-5-26-24-13/h1-9,22H,(H2,18,25)(H,20,21). The molecule has 128 valence electrons. The number of benzene rings is 1. The first kappa shape index (κ1) is 15.5. The highest BCUT2D eigenvalue weighted by molar-refractivity contribution is 5.97. The Balaban J connectivity index is 1.72. The van der Waals surface area contributed by atoms with E-state index in [1.807, 2.05) is 24.3 Å². The number of amides is 1. The van der Waals surface area contributed by atoms with E-state index in [1.165, 1.54) is 12.5 Å². The molecule has 3 heterocycles. The van der Waals surface area contributed by atoms with Crippen molar-refractivity contribution in [2.45, 2.75) is 0 Å². The molecule has 1 amide bonds. The molecule has 0 radical (unpaired) electrons. The van der Waals surface area contributed by atoms with E-state index in [-0.39, 0.29) is 5.69 Å². The molecule has 4 aromatic rings. The zero-order valence-electron chi connectivity index (χ0n) is 13.4. The lowest BCUT2D eigenvalue weighted by Crippen LogP contribution is -2.16. The number of hydrogen-bond donors (Lipinski definition) is 3. The third-order valence-corrected chi connectivity index (χ3v) is 3.65. The summed E-state index contributed by atoms with van der Waals surface area (Å²) in [4.78, 5) is 20.5. The van der Waals surface area contributed by atoms with Gasteiger partial charge in [-0.05, 0) is 6.07 Å². The van der Waals surface area contributed by atoms with Gasteiger partial charge in [-0.1, -0.05) is 23.4 Å². The topological polar surface area (TPSA) is 136 Å². The van der Waals surface area contributed by atoms with Crippen LogP contribution in [0, 0.1) is 0 Å². The number of nitrogens with one attached hydrogen (secondary N) is 2. The highest BCUT2D eigenvalue weighted by atomic mass is 16.5. The Morgan fingerprint density at radius 2 is 2.08 bits per heavy atom. The van der Waals surface area contributed by atoms with Gasteiger partial charge in [-0.15, -0.1) is 0 Å². The van der Waals surface area contributed by atoms with E-state index >= 15 is 0 Å². The zero-order chi connectivity index (χ0) is 17.9. The maximum Gasteiger partial charge on any atom is 0.269 e. The Hall–Kier alpha value is -4.01. The first-order valence-corrected chi connectivity index (χ1v) is 7.64. The first-order chi connectivity index (χ1) is 12.7. The average molecular weight is 347 g/mol. The van der Waals surface area contributed by atoms with E-state index in [0.29, 0.717) is 22.9 Å². The first-order valence-electron chi connectivity index (χ1n) is 7.64. The molecular formula is C17H13N7O2. The number of primary amides is 1. The average Bonchev–Trinajstić information content (AvgIpc) is 3.36. The highest BCUT2D eigenvalue weighted by Crippen LogP contribution is 2.25. The van der Waals surface area contributed by atoms with Crippen molar-refractivity contribution in [3.63, 3.8) is 0 Å². The lowest BCUT2D eigenvalue weighted by Gasteiger charge is -2.09. The molecule has 3 aromatic heterocycles. The van der Waals surface area contributed by atoms with E-state index in [1.54, 1.807) is 18.5 Å². The zero-order valence-corrected chi connectivity index (χ0v) is 13.4. The minimum atomic E-state index is -0.660. The van der Waals surface area contributed by atoms with Crippen molar-refractivity contribution in [3.8, 4) is 22.6 Å². The number of aromatic amines is 1. The molecule has 26 heavy (non-hydrogen) atoms. The Labute approximate surface area is 147 Å². The molecular weight excluding hydrogens is 334 g/mol. The molecule has 0 aliphatic carbocycles. The molecule has 0 spiro atoms. The summed E-state index contributed by atoms with van der Waals surface area (Å²) in [6, 6.07) is 9.20. The predicted octanol–water partition coefficient (Wildman–Crippen LogP) is 2.36. The maximum atomic E-state index is 11.8. The molecule has 0 fully saturated rings. The molecule has 0 aliphatic heterocycles. The van der Waals surface area contributed by atoms with Gasteiger partial charge >= 0.3 is 0 Å². The Kier molecular flexibility index (Phi) is 3.86. The fourth-order valence-corrected chi connectivity index (χ4v) is 2.45. The number of anilines is 2. The SMILES string of the molecule is NC(=O)c1nc(-c2cccc(-c3ccon3)c2)ncc1Nc1cn[nH]c1. The van der Waals surface area contributed by atoms with Gasteiger partial charge in [0, 0.05) is 23.4 Å². The molecule has 4 rings (SSSR count). The van der Waals surface area contributed by atoms with Gasteiger partial charge < -0.3 is 15.6 Å². The lowest BCUT2D eigenvalue weighted by atomic mass is 10.1. The fraction of sp³-hybridized carbons (Fsp3) is 0. The van der Waals surface area contributed by atoms with Gasteiger partial charge in [-0.25, -0.2) is 9.97 Å². The van der Waals surface area contributed by atoms with Crippen LogP contribution in [0.4, 0.5) is 11.4 Å². The van der Waals surface area contributed by atoms with Crippen LogP contribution in [-0.2, 0) is 0 Å². The van der Waals surface area contributed by atoms with E-state index in [0.717, 1.165) is 11.1 Å².